The van der Waals surface area contributed by atoms with Gasteiger partial charge in [-0.2, -0.15) is 0 Å². The van der Waals surface area contributed by atoms with Gasteiger partial charge in [-0.25, -0.2) is 0 Å². The zero-order valence-corrected chi connectivity index (χ0v) is 26.7. The fraction of sp³-hybridized carbons (Fsp3) is 0.415. The van der Waals surface area contributed by atoms with Crippen LogP contribution in [0, 0.1) is 11.3 Å². The van der Waals surface area contributed by atoms with Gasteiger partial charge in [-0.1, -0.05) is 91.8 Å². The highest BCUT2D eigenvalue weighted by Crippen LogP contribution is 2.58. The molecule has 7 rings (SSSR count). The molecule has 0 aromatic heterocycles. The van der Waals surface area contributed by atoms with Gasteiger partial charge in [0.15, 0.2) is 0 Å². The zero-order valence-electron chi connectivity index (χ0n) is 26.7. The Balaban J connectivity index is 1.24. The summed E-state index contributed by atoms with van der Waals surface area (Å²) < 4.78 is 0. The summed E-state index contributed by atoms with van der Waals surface area (Å²) in [6.45, 7) is 9.62. The Hall–Kier alpha value is -3.52. The second kappa shape index (κ2) is 11.5. The minimum absolute atomic E-state index is 0.0910. The van der Waals surface area contributed by atoms with Crippen LogP contribution < -0.4 is 0 Å². The minimum Gasteiger partial charge on any atom is -0.338 e. The Bertz CT molecular complexity index is 1550. The van der Waals surface area contributed by atoms with Crippen LogP contribution in [-0.2, 0) is 0 Å². The van der Waals surface area contributed by atoms with E-state index in [4.69, 9.17) is 0 Å². The van der Waals surface area contributed by atoms with Crippen molar-refractivity contribution in [3.05, 3.63) is 142 Å². The molecule has 222 valence electrons. The number of rotatable bonds is 6. The fourth-order valence-corrected chi connectivity index (χ4v) is 8.45. The smallest absolute Gasteiger partial charge is 0.0556 e. The lowest BCUT2D eigenvalue weighted by Crippen LogP contribution is -2.36. The normalized spacial score (nSPS) is 29.0. The predicted octanol–water partition coefficient (Wildman–Crippen LogP) is 10.5. The van der Waals surface area contributed by atoms with Crippen LogP contribution in [0.2, 0.25) is 0 Å². The third-order valence-corrected chi connectivity index (χ3v) is 10.8. The molecule has 0 radical (unpaired) electrons. The van der Waals surface area contributed by atoms with E-state index in [0.29, 0.717) is 18.0 Å². The summed E-state index contributed by atoms with van der Waals surface area (Å²) in [7, 11) is 0. The first-order valence-corrected chi connectivity index (χ1v) is 16.8. The molecule has 3 atom stereocenters. The quantitative estimate of drug-likeness (QED) is 0.314. The molecular formula is C41H48N2. The Morgan fingerprint density at radius 3 is 1.84 bits per heavy atom. The number of allylic oxidation sites excluding steroid dienone is 18. The first kappa shape index (κ1) is 28.3. The van der Waals surface area contributed by atoms with Crippen molar-refractivity contribution in [2.75, 3.05) is 0 Å². The van der Waals surface area contributed by atoms with Crippen molar-refractivity contribution in [1.82, 2.24) is 9.80 Å². The third-order valence-electron chi connectivity index (χ3n) is 10.8. The molecule has 0 fully saturated rings. The summed E-state index contributed by atoms with van der Waals surface area (Å²) >= 11 is 0. The van der Waals surface area contributed by atoms with E-state index in [1.165, 1.54) is 46.8 Å². The standard InChI is InChI=1S/C41H48N2/c1-29-13-11-19-33(25-29)42(31-15-7-5-8-16-31)35-21-23-37-38-24-22-36(28-40(38)41(3,4)39(37)27-35)43(32-17-9-6-10-18-32)34-20-12-14-30(2)26-34/h5-10,15,17,19-21,23,25-26,28,31-32,39H,11-14,16,18,22,24,27H2,1-4H3. The lowest BCUT2D eigenvalue weighted by molar-refractivity contribution is 0.282. The highest BCUT2D eigenvalue weighted by Gasteiger charge is 2.47. The molecule has 0 aliphatic heterocycles. The second-order valence-electron chi connectivity index (χ2n) is 14.1. The summed E-state index contributed by atoms with van der Waals surface area (Å²) in [6, 6.07) is 0.766. The van der Waals surface area contributed by atoms with Crippen LogP contribution in [0.1, 0.15) is 85.5 Å². The van der Waals surface area contributed by atoms with Crippen LogP contribution in [0.15, 0.2) is 142 Å². The van der Waals surface area contributed by atoms with E-state index in [1.54, 1.807) is 16.7 Å². The number of hydrogen-bond acceptors (Lipinski definition) is 2. The van der Waals surface area contributed by atoms with E-state index < -0.39 is 0 Å². The van der Waals surface area contributed by atoms with E-state index in [9.17, 15) is 0 Å². The number of nitrogens with zero attached hydrogens (tertiary/aromatic N) is 2. The van der Waals surface area contributed by atoms with Crippen LogP contribution in [0.4, 0.5) is 0 Å². The molecule has 3 unspecified atom stereocenters. The molecule has 0 N–H and O–H groups in total. The lowest BCUT2D eigenvalue weighted by atomic mass is 9.72. The summed E-state index contributed by atoms with van der Waals surface area (Å²) in [4.78, 5) is 5.34. The Morgan fingerprint density at radius 1 is 0.674 bits per heavy atom. The van der Waals surface area contributed by atoms with Gasteiger partial charge in [0.25, 0.3) is 0 Å². The maximum Gasteiger partial charge on any atom is 0.0556 e. The average molecular weight is 569 g/mol. The summed E-state index contributed by atoms with van der Waals surface area (Å²) in [5, 5.41) is 0. The molecule has 7 aliphatic carbocycles. The molecule has 0 aromatic carbocycles. The molecule has 2 nitrogen and oxygen atoms in total. The van der Waals surface area contributed by atoms with Gasteiger partial charge < -0.3 is 9.80 Å². The van der Waals surface area contributed by atoms with Gasteiger partial charge in [0.1, 0.15) is 0 Å². The lowest BCUT2D eigenvalue weighted by Gasteiger charge is -2.41. The van der Waals surface area contributed by atoms with Crippen molar-refractivity contribution in [1.29, 1.82) is 0 Å². The van der Waals surface area contributed by atoms with Crippen molar-refractivity contribution in [3.8, 4) is 0 Å². The third kappa shape index (κ3) is 5.28. The fourth-order valence-electron chi connectivity index (χ4n) is 8.45. The topological polar surface area (TPSA) is 6.48 Å². The highest BCUT2D eigenvalue weighted by atomic mass is 15.2. The Morgan fingerprint density at radius 2 is 1.28 bits per heavy atom. The van der Waals surface area contributed by atoms with E-state index in [-0.39, 0.29) is 5.41 Å². The van der Waals surface area contributed by atoms with E-state index in [1.807, 2.05) is 0 Å². The summed E-state index contributed by atoms with van der Waals surface area (Å²) in [5.41, 5.74) is 13.6. The minimum atomic E-state index is 0.0910. The monoisotopic (exact) mass is 568 g/mol. The Kier molecular flexibility index (Phi) is 7.58. The van der Waals surface area contributed by atoms with E-state index >= 15 is 0 Å². The van der Waals surface area contributed by atoms with Crippen LogP contribution in [0.25, 0.3) is 0 Å². The van der Waals surface area contributed by atoms with Gasteiger partial charge in [-0.3, -0.25) is 0 Å². The molecule has 7 aliphatic rings. The van der Waals surface area contributed by atoms with Crippen LogP contribution >= 0.6 is 0 Å². The molecule has 0 saturated carbocycles. The molecule has 43 heavy (non-hydrogen) atoms. The first-order chi connectivity index (χ1) is 20.9. The van der Waals surface area contributed by atoms with Crippen LogP contribution in [0.3, 0.4) is 0 Å². The first-order valence-electron chi connectivity index (χ1n) is 16.8. The SMILES string of the molecule is CC1=CC(N(C2=CC3=C(CC2)C2=CC=C(N(C4=CCCC(C)=C4)C4C=CC=CC4)CC2C3(C)C)C2C=CC=CC2)=CCC1. The van der Waals surface area contributed by atoms with Gasteiger partial charge >= 0.3 is 0 Å². The van der Waals surface area contributed by atoms with Crippen molar-refractivity contribution in [2.24, 2.45) is 11.3 Å². The second-order valence-corrected chi connectivity index (χ2v) is 14.1. The van der Waals surface area contributed by atoms with Gasteiger partial charge in [0, 0.05) is 22.8 Å². The van der Waals surface area contributed by atoms with Gasteiger partial charge in [0.05, 0.1) is 12.1 Å². The zero-order chi connectivity index (χ0) is 29.6. The van der Waals surface area contributed by atoms with Crippen molar-refractivity contribution < 1.29 is 0 Å². The average Bonchev–Trinajstić information content (AvgIpc) is 3.24. The van der Waals surface area contributed by atoms with E-state index in [0.717, 1.165) is 44.9 Å². The van der Waals surface area contributed by atoms with Gasteiger partial charge in [-0.05, 0) is 124 Å². The van der Waals surface area contributed by atoms with Gasteiger partial charge in [-0.15, -0.1) is 0 Å². The molecular weight excluding hydrogens is 520 g/mol. The van der Waals surface area contributed by atoms with E-state index in [2.05, 4.69) is 129 Å². The van der Waals surface area contributed by atoms with Gasteiger partial charge in [0.2, 0.25) is 0 Å². The largest absolute Gasteiger partial charge is 0.338 e. The molecule has 0 spiro atoms. The van der Waals surface area contributed by atoms with Crippen molar-refractivity contribution in [2.45, 2.75) is 97.6 Å². The molecule has 0 heterocycles. The molecule has 2 heteroatoms. The molecule has 0 aromatic rings. The Labute approximate surface area is 260 Å². The predicted molar refractivity (Wildman–Crippen MR) is 182 cm³/mol. The maximum atomic E-state index is 2.68. The number of hydrogen-bond donors (Lipinski definition) is 0. The maximum absolute atomic E-state index is 2.68. The van der Waals surface area contributed by atoms with Crippen molar-refractivity contribution in [3.63, 3.8) is 0 Å². The highest BCUT2D eigenvalue weighted by molar-refractivity contribution is 5.58. The molecule has 0 saturated heterocycles. The summed E-state index contributed by atoms with van der Waals surface area (Å²) in [6.07, 6.45) is 45.9. The van der Waals surface area contributed by atoms with Crippen LogP contribution in [-0.4, -0.2) is 21.9 Å². The summed E-state index contributed by atoms with van der Waals surface area (Å²) in [5.74, 6) is 0.509. The van der Waals surface area contributed by atoms with Crippen LogP contribution in [0.5, 0.6) is 0 Å². The molecule has 0 amide bonds. The van der Waals surface area contributed by atoms with Crippen molar-refractivity contribution >= 4 is 0 Å². The number of fused-ring (bicyclic) bond motifs is 2. The molecule has 0 bridgehead atoms.